The third-order valence-electron chi connectivity index (χ3n) is 2.56. The van der Waals surface area contributed by atoms with Crippen molar-refractivity contribution in [3.05, 3.63) is 59.4 Å². The number of hydrogen-bond donors (Lipinski definition) is 2. The van der Waals surface area contributed by atoms with Gasteiger partial charge in [0.15, 0.2) is 0 Å². The molecule has 16 heavy (non-hydrogen) atoms. The summed E-state index contributed by atoms with van der Waals surface area (Å²) in [6.07, 6.45) is 0.979. The second kappa shape index (κ2) is 4.33. The van der Waals surface area contributed by atoms with Crippen molar-refractivity contribution in [1.82, 2.24) is 4.98 Å². The maximum Gasteiger partial charge on any atom is 0.121 e. The molecule has 0 saturated carbocycles. The molecule has 2 rings (SSSR count). The van der Waals surface area contributed by atoms with E-state index in [9.17, 15) is 5.11 Å². The molecule has 0 aliphatic heterocycles. The van der Waals surface area contributed by atoms with Crippen LogP contribution in [-0.2, 0) is 0 Å². The molecule has 1 unspecified atom stereocenters. The van der Waals surface area contributed by atoms with E-state index in [0.717, 1.165) is 11.1 Å². The molecule has 0 aliphatic rings. The predicted molar refractivity (Wildman–Crippen MR) is 63.9 cm³/mol. The molecule has 3 N–H and O–H groups in total. The van der Waals surface area contributed by atoms with Crippen molar-refractivity contribution in [2.24, 2.45) is 0 Å². The summed E-state index contributed by atoms with van der Waals surface area (Å²) in [6.45, 7) is 1.93. The van der Waals surface area contributed by atoms with E-state index in [-0.39, 0.29) is 0 Å². The fourth-order valence-electron chi connectivity index (χ4n) is 1.70. The summed E-state index contributed by atoms with van der Waals surface area (Å²) in [6, 6.07) is 11.0. The minimum Gasteiger partial charge on any atom is -0.399 e. The summed E-state index contributed by atoms with van der Waals surface area (Å²) in [5, 5.41) is 10.2. The Labute approximate surface area is 94.6 Å². The monoisotopic (exact) mass is 214 g/mol. The Bertz CT molecular complexity index is 483. The fraction of sp³-hybridized carbons (Fsp3) is 0.154. The highest BCUT2D eigenvalue weighted by Gasteiger charge is 2.13. The molecule has 1 atom stereocenters. The average molecular weight is 214 g/mol. The summed E-state index contributed by atoms with van der Waals surface area (Å²) in [4.78, 5) is 4.14. The zero-order valence-corrected chi connectivity index (χ0v) is 9.09. The molecule has 0 fully saturated rings. The summed E-state index contributed by atoms with van der Waals surface area (Å²) in [5.74, 6) is 0. The second-order valence-electron chi connectivity index (χ2n) is 3.77. The van der Waals surface area contributed by atoms with Gasteiger partial charge in [-0.2, -0.15) is 0 Å². The van der Waals surface area contributed by atoms with Gasteiger partial charge in [-0.3, -0.25) is 4.98 Å². The van der Waals surface area contributed by atoms with Crippen LogP contribution in [0.3, 0.4) is 0 Å². The van der Waals surface area contributed by atoms with Gasteiger partial charge in [-0.05, 0) is 42.3 Å². The Balaban J connectivity index is 2.38. The van der Waals surface area contributed by atoms with Gasteiger partial charge >= 0.3 is 0 Å². The molecule has 0 aliphatic carbocycles. The van der Waals surface area contributed by atoms with Gasteiger partial charge in [-0.25, -0.2) is 0 Å². The first-order valence-corrected chi connectivity index (χ1v) is 5.13. The van der Waals surface area contributed by atoms with Crippen LogP contribution in [0.5, 0.6) is 0 Å². The first-order chi connectivity index (χ1) is 7.68. The number of aromatic nitrogens is 1. The number of anilines is 1. The average Bonchev–Trinajstić information content (AvgIpc) is 2.29. The maximum atomic E-state index is 10.2. The van der Waals surface area contributed by atoms with Crippen LogP contribution in [0, 0.1) is 6.92 Å². The number of aliphatic hydroxyl groups is 1. The number of nitrogens with two attached hydrogens (primary N) is 1. The van der Waals surface area contributed by atoms with E-state index in [4.69, 9.17) is 5.73 Å². The fourth-order valence-corrected chi connectivity index (χ4v) is 1.70. The summed E-state index contributed by atoms with van der Waals surface area (Å²) < 4.78 is 0. The number of aliphatic hydroxyl groups excluding tert-OH is 1. The molecule has 0 amide bonds. The number of benzene rings is 1. The number of rotatable bonds is 2. The number of aryl methyl sites for hydroxylation is 1. The molecule has 0 spiro atoms. The third kappa shape index (κ3) is 2.04. The van der Waals surface area contributed by atoms with Gasteiger partial charge in [0.25, 0.3) is 0 Å². The van der Waals surface area contributed by atoms with Crippen molar-refractivity contribution >= 4 is 5.69 Å². The zero-order chi connectivity index (χ0) is 11.5. The van der Waals surface area contributed by atoms with Crippen LogP contribution in [0.2, 0.25) is 0 Å². The van der Waals surface area contributed by atoms with Crippen molar-refractivity contribution in [1.29, 1.82) is 0 Å². The van der Waals surface area contributed by atoms with E-state index in [0.29, 0.717) is 11.4 Å². The predicted octanol–water partition coefficient (Wildman–Crippen LogP) is 2.05. The molecule has 1 aromatic heterocycles. The number of nitrogens with zero attached hydrogens (tertiary/aromatic N) is 1. The Morgan fingerprint density at radius 2 is 2.06 bits per heavy atom. The molecular formula is C13H14N2O. The molecule has 0 saturated heterocycles. The highest BCUT2D eigenvalue weighted by molar-refractivity contribution is 5.46. The molecule has 82 valence electrons. The minimum absolute atomic E-state index is 0.648. The summed E-state index contributed by atoms with van der Waals surface area (Å²) in [5.41, 5.74) is 8.83. The third-order valence-corrected chi connectivity index (χ3v) is 2.56. The lowest BCUT2D eigenvalue weighted by molar-refractivity contribution is 0.214. The van der Waals surface area contributed by atoms with Crippen molar-refractivity contribution in [3.8, 4) is 0 Å². The minimum atomic E-state index is -0.693. The van der Waals surface area contributed by atoms with Crippen LogP contribution in [0.15, 0.2) is 42.6 Å². The van der Waals surface area contributed by atoms with Crippen molar-refractivity contribution in [2.45, 2.75) is 13.0 Å². The Morgan fingerprint density at radius 3 is 2.69 bits per heavy atom. The second-order valence-corrected chi connectivity index (χ2v) is 3.77. The maximum absolute atomic E-state index is 10.2. The molecule has 2 aromatic rings. The first-order valence-electron chi connectivity index (χ1n) is 5.13. The molecular weight excluding hydrogens is 200 g/mol. The van der Waals surface area contributed by atoms with Gasteiger partial charge in [0.2, 0.25) is 0 Å². The van der Waals surface area contributed by atoms with Gasteiger partial charge in [0.05, 0.1) is 5.69 Å². The largest absolute Gasteiger partial charge is 0.399 e. The van der Waals surface area contributed by atoms with Crippen LogP contribution < -0.4 is 5.73 Å². The summed E-state index contributed by atoms with van der Waals surface area (Å²) in [7, 11) is 0. The number of nitrogen functional groups attached to an aromatic ring is 1. The SMILES string of the molecule is Cc1cc(N)ccc1C(O)c1ccccn1. The highest BCUT2D eigenvalue weighted by Crippen LogP contribution is 2.24. The van der Waals surface area contributed by atoms with Crippen molar-refractivity contribution in [3.63, 3.8) is 0 Å². The molecule has 1 aromatic carbocycles. The topological polar surface area (TPSA) is 59.1 Å². The molecule has 0 radical (unpaired) electrons. The molecule has 1 heterocycles. The molecule has 3 nitrogen and oxygen atoms in total. The standard InChI is InChI=1S/C13H14N2O/c1-9-8-10(14)5-6-11(9)13(16)12-4-2-3-7-15-12/h2-8,13,16H,14H2,1H3. The zero-order valence-electron chi connectivity index (χ0n) is 9.09. The Kier molecular flexibility index (Phi) is 2.88. The first kappa shape index (κ1) is 10.6. The van der Waals surface area contributed by atoms with Gasteiger partial charge in [0, 0.05) is 11.9 Å². The van der Waals surface area contributed by atoms with Crippen LogP contribution in [0.4, 0.5) is 5.69 Å². The highest BCUT2D eigenvalue weighted by atomic mass is 16.3. The van der Waals surface area contributed by atoms with E-state index >= 15 is 0 Å². The van der Waals surface area contributed by atoms with Crippen LogP contribution >= 0.6 is 0 Å². The molecule has 3 heteroatoms. The Hall–Kier alpha value is -1.87. The van der Waals surface area contributed by atoms with E-state index < -0.39 is 6.10 Å². The van der Waals surface area contributed by atoms with E-state index in [1.165, 1.54) is 0 Å². The number of pyridine rings is 1. The van der Waals surface area contributed by atoms with Gasteiger partial charge in [0.1, 0.15) is 6.10 Å². The van der Waals surface area contributed by atoms with E-state index in [1.54, 1.807) is 18.3 Å². The smallest absolute Gasteiger partial charge is 0.121 e. The van der Waals surface area contributed by atoms with E-state index in [1.807, 2.05) is 31.2 Å². The lowest BCUT2D eigenvalue weighted by Gasteiger charge is -2.13. The van der Waals surface area contributed by atoms with Gasteiger partial charge < -0.3 is 10.8 Å². The number of hydrogen-bond acceptors (Lipinski definition) is 3. The Morgan fingerprint density at radius 1 is 1.25 bits per heavy atom. The quantitative estimate of drug-likeness (QED) is 0.752. The van der Waals surface area contributed by atoms with Crippen molar-refractivity contribution < 1.29 is 5.11 Å². The lowest BCUT2D eigenvalue weighted by atomic mass is 10.0. The van der Waals surface area contributed by atoms with Gasteiger partial charge in [-0.1, -0.05) is 12.1 Å². The lowest BCUT2D eigenvalue weighted by Crippen LogP contribution is -2.04. The van der Waals surface area contributed by atoms with E-state index in [2.05, 4.69) is 4.98 Å². The van der Waals surface area contributed by atoms with Gasteiger partial charge in [-0.15, -0.1) is 0 Å². The van der Waals surface area contributed by atoms with Crippen LogP contribution in [-0.4, -0.2) is 10.1 Å². The molecule has 0 bridgehead atoms. The summed E-state index contributed by atoms with van der Waals surface area (Å²) >= 11 is 0. The normalized spacial score (nSPS) is 12.4. The van der Waals surface area contributed by atoms with Crippen LogP contribution in [0.25, 0.3) is 0 Å². The van der Waals surface area contributed by atoms with Crippen LogP contribution in [0.1, 0.15) is 22.9 Å². The van der Waals surface area contributed by atoms with Crippen molar-refractivity contribution in [2.75, 3.05) is 5.73 Å².